The summed E-state index contributed by atoms with van der Waals surface area (Å²) in [5.74, 6) is 0.0482. The lowest BCUT2D eigenvalue weighted by atomic mass is 10.0. The summed E-state index contributed by atoms with van der Waals surface area (Å²) in [7, 11) is -1.53. The molecule has 2 saturated heterocycles. The van der Waals surface area contributed by atoms with Gasteiger partial charge in [0, 0.05) is 25.6 Å². The third-order valence-corrected chi connectivity index (χ3v) is 7.25. The second kappa shape index (κ2) is 8.11. The molecule has 154 valence electrons. The van der Waals surface area contributed by atoms with Crippen molar-refractivity contribution in [3.63, 3.8) is 0 Å². The van der Waals surface area contributed by atoms with Crippen LogP contribution in [0, 0.1) is 12.8 Å². The van der Waals surface area contributed by atoms with Gasteiger partial charge in [0.1, 0.15) is 5.75 Å². The van der Waals surface area contributed by atoms with Crippen LogP contribution in [0.25, 0.3) is 0 Å². The lowest BCUT2D eigenvalue weighted by Crippen LogP contribution is -2.45. The van der Waals surface area contributed by atoms with E-state index in [-0.39, 0.29) is 42.3 Å². The van der Waals surface area contributed by atoms with E-state index >= 15 is 0 Å². The van der Waals surface area contributed by atoms with E-state index in [1.54, 1.807) is 16.9 Å². The minimum Gasteiger partial charge on any atom is -0.495 e. The van der Waals surface area contributed by atoms with Gasteiger partial charge < -0.3 is 14.5 Å². The second-order valence-corrected chi connectivity index (χ2v) is 9.90. The van der Waals surface area contributed by atoms with Crippen LogP contribution in [0.1, 0.15) is 31.7 Å². The van der Waals surface area contributed by atoms with E-state index < -0.39 is 15.8 Å². The normalized spacial score (nSPS) is 23.8. The highest BCUT2D eigenvalue weighted by Gasteiger charge is 2.41. The molecule has 2 amide bonds. The maximum Gasteiger partial charge on any atom is 0.228 e. The number of benzene rings is 1. The molecule has 0 saturated carbocycles. The molecule has 2 aliphatic heterocycles. The van der Waals surface area contributed by atoms with Crippen molar-refractivity contribution in [1.29, 1.82) is 0 Å². The van der Waals surface area contributed by atoms with Gasteiger partial charge in [-0.2, -0.15) is 0 Å². The number of aryl methyl sites for hydroxylation is 1. The zero-order chi connectivity index (χ0) is 20.5. The Kier molecular flexibility index (Phi) is 5.98. The quantitative estimate of drug-likeness (QED) is 0.716. The number of nitrogens with zero attached hydrogens (tertiary/aromatic N) is 2. The summed E-state index contributed by atoms with van der Waals surface area (Å²) >= 11 is 0. The van der Waals surface area contributed by atoms with Gasteiger partial charge in [-0.15, -0.1) is 0 Å². The Bertz CT molecular complexity index is 867. The first kappa shape index (κ1) is 20.6. The fourth-order valence-corrected chi connectivity index (χ4v) is 5.82. The maximum atomic E-state index is 13.2. The number of anilines is 1. The second-order valence-electron chi connectivity index (χ2n) is 7.67. The molecule has 0 aromatic heterocycles. The van der Waals surface area contributed by atoms with Gasteiger partial charge in [-0.3, -0.25) is 9.59 Å². The van der Waals surface area contributed by atoms with E-state index in [2.05, 4.69) is 0 Å². The minimum atomic E-state index is -3.08. The van der Waals surface area contributed by atoms with Crippen molar-refractivity contribution in [3.05, 3.63) is 23.8 Å². The first-order valence-corrected chi connectivity index (χ1v) is 11.5. The first-order chi connectivity index (χ1) is 13.3. The van der Waals surface area contributed by atoms with Crippen molar-refractivity contribution in [2.24, 2.45) is 5.92 Å². The Balaban J connectivity index is 1.80. The number of carbonyl (C=O) groups excluding carboxylic acids is 2. The highest BCUT2D eigenvalue weighted by molar-refractivity contribution is 7.91. The van der Waals surface area contributed by atoms with Crippen molar-refractivity contribution in [3.8, 4) is 5.75 Å². The average Bonchev–Trinajstić information content (AvgIpc) is 3.21. The van der Waals surface area contributed by atoms with E-state index in [1.165, 1.54) is 0 Å². The van der Waals surface area contributed by atoms with Gasteiger partial charge in [-0.25, -0.2) is 8.42 Å². The highest BCUT2D eigenvalue weighted by Crippen LogP contribution is 2.35. The molecule has 0 bridgehead atoms. The molecule has 2 unspecified atom stereocenters. The average molecular weight is 409 g/mol. The Labute approximate surface area is 166 Å². The summed E-state index contributed by atoms with van der Waals surface area (Å²) in [5, 5.41) is 0. The van der Waals surface area contributed by atoms with Gasteiger partial charge in [0.05, 0.1) is 30.2 Å². The first-order valence-electron chi connectivity index (χ1n) is 9.71. The van der Waals surface area contributed by atoms with Crippen LogP contribution >= 0.6 is 0 Å². The molecule has 2 heterocycles. The minimum absolute atomic E-state index is 0.0226. The maximum absolute atomic E-state index is 13.2. The SMILES string of the molecule is CCCN(C(=O)C1CC(=O)N(c2cc(C)ccc2OC)C1)C1CCS(=O)(=O)C1. The topological polar surface area (TPSA) is 84.0 Å². The number of methoxy groups -OCH3 is 1. The summed E-state index contributed by atoms with van der Waals surface area (Å²) in [6, 6.07) is 5.33. The van der Waals surface area contributed by atoms with Crippen LogP contribution in [0.3, 0.4) is 0 Å². The number of hydrogen-bond donors (Lipinski definition) is 0. The van der Waals surface area contributed by atoms with Crippen molar-refractivity contribution < 1.29 is 22.7 Å². The molecule has 8 heteroatoms. The standard InChI is InChI=1S/C20H28N2O5S/c1-4-8-21(16-7-9-28(25,26)13-16)20(24)15-11-19(23)22(12-15)17-10-14(2)5-6-18(17)27-3/h5-6,10,15-16H,4,7-9,11-13H2,1-3H3. The number of ether oxygens (including phenoxy) is 1. The molecule has 0 N–H and O–H groups in total. The molecule has 2 fully saturated rings. The molecular weight excluding hydrogens is 380 g/mol. The summed E-state index contributed by atoms with van der Waals surface area (Å²) in [6.07, 6.45) is 1.36. The van der Waals surface area contributed by atoms with Crippen LogP contribution in [0.15, 0.2) is 18.2 Å². The Morgan fingerprint density at radius 1 is 1.36 bits per heavy atom. The van der Waals surface area contributed by atoms with Crippen LogP contribution in [-0.2, 0) is 19.4 Å². The molecule has 0 radical (unpaired) electrons. The summed E-state index contributed by atoms with van der Waals surface area (Å²) in [4.78, 5) is 29.2. The van der Waals surface area contributed by atoms with E-state index in [9.17, 15) is 18.0 Å². The van der Waals surface area contributed by atoms with Gasteiger partial charge in [-0.1, -0.05) is 13.0 Å². The monoisotopic (exact) mass is 408 g/mol. The summed E-state index contributed by atoms with van der Waals surface area (Å²) < 4.78 is 29.1. The third-order valence-electron chi connectivity index (χ3n) is 5.50. The van der Waals surface area contributed by atoms with Crippen LogP contribution in [0.4, 0.5) is 5.69 Å². The number of sulfone groups is 1. The van der Waals surface area contributed by atoms with E-state index in [4.69, 9.17) is 4.74 Å². The molecule has 2 aliphatic rings. The number of amides is 2. The predicted molar refractivity (Wildman–Crippen MR) is 107 cm³/mol. The Hall–Kier alpha value is -2.09. The molecule has 0 spiro atoms. The fraction of sp³-hybridized carbons (Fsp3) is 0.600. The molecule has 28 heavy (non-hydrogen) atoms. The molecule has 2 atom stereocenters. The van der Waals surface area contributed by atoms with Crippen molar-refractivity contribution in [1.82, 2.24) is 4.90 Å². The number of rotatable bonds is 6. The zero-order valence-corrected chi connectivity index (χ0v) is 17.5. The van der Waals surface area contributed by atoms with Crippen LogP contribution in [-0.4, -0.2) is 62.9 Å². The molecular formula is C20H28N2O5S. The largest absolute Gasteiger partial charge is 0.495 e. The van der Waals surface area contributed by atoms with Gasteiger partial charge in [0.2, 0.25) is 11.8 Å². The van der Waals surface area contributed by atoms with Crippen molar-refractivity contribution >= 4 is 27.3 Å². The van der Waals surface area contributed by atoms with Gasteiger partial charge in [0.15, 0.2) is 9.84 Å². The van der Waals surface area contributed by atoms with Crippen LogP contribution in [0.2, 0.25) is 0 Å². The molecule has 7 nitrogen and oxygen atoms in total. The molecule has 3 rings (SSSR count). The molecule has 0 aliphatic carbocycles. The zero-order valence-electron chi connectivity index (χ0n) is 16.7. The predicted octanol–water partition coefficient (Wildman–Crippen LogP) is 1.78. The van der Waals surface area contributed by atoms with Gasteiger partial charge >= 0.3 is 0 Å². The smallest absolute Gasteiger partial charge is 0.228 e. The number of hydrogen-bond acceptors (Lipinski definition) is 5. The highest BCUT2D eigenvalue weighted by atomic mass is 32.2. The Morgan fingerprint density at radius 2 is 2.11 bits per heavy atom. The lowest BCUT2D eigenvalue weighted by molar-refractivity contribution is -0.137. The van der Waals surface area contributed by atoms with Crippen LogP contribution < -0.4 is 9.64 Å². The number of carbonyl (C=O) groups is 2. The van der Waals surface area contributed by atoms with E-state index in [0.717, 1.165) is 12.0 Å². The van der Waals surface area contributed by atoms with Crippen LogP contribution in [0.5, 0.6) is 5.75 Å². The molecule has 1 aromatic carbocycles. The van der Waals surface area contributed by atoms with Crippen molar-refractivity contribution in [2.45, 2.75) is 39.2 Å². The van der Waals surface area contributed by atoms with E-state index in [0.29, 0.717) is 24.4 Å². The lowest BCUT2D eigenvalue weighted by Gasteiger charge is -2.30. The van der Waals surface area contributed by atoms with Gasteiger partial charge in [0.25, 0.3) is 0 Å². The summed E-state index contributed by atoms with van der Waals surface area (Å²) in [6.45, 7) is 4.71. The summed E-state index contributed by atoms with van der Waals surface area (Å²) in [5.41, 5.74) is 1.68. The Morgan fingerprint density at radius 3 is 2.71 bits per heavy atom. The molecule has 1 aromatic rings. The third kappa shape index (κ3) is 4.16. The van der Waals surface area contributed by atoms with Crippen molar-refractivity contribution in [2.75, 3.05) is 36.6 Å². The van der Waals surface area contributed by atoms with E-state index in [1.807, 2.05) is 32.0 Å². The van der Waals surface area contributed by atoms with Gasteiger partial charge in [-0.05, 0) is 37.5 Å². The fourth-order valence-electron chi connectivity index (χ4n) is 4.09.